The summed E-state index contributed by atoms with van der Waals surface area (Å²) in [6.45, 7) is 6.67. The number of aryl methyl sites for hydroxylation is 2. The predicted octanol–water partition coefficient (Wildman–Crippen LogP) is 4.43. The van der Waals surface area contributed by atoms with Crippen LogP contribution in [0.3, 0.4) is 0 Å². The molecule has 0 saturated carbocycles. The molecular weight excluding hydrogens is 282 g/mol. The Morgan fingerprint density at radius 3 is 2.62 bits per heavy atom. The summed E-state index contributed by atoms with van der Waals surface area (Å²) >= 11 is 6.28. The molecule has 1 unspecified atom stereocenters. The van der Waals surface area contributed by atoms with Gasteiger partial charge in [-0.3, -0.25) is 0 Å². The van der Waals surface area contributed by atoms with E-state index in [0.29, 0.717) is 11.6 Å². The number of benzene rings is 2. The zero-order valence-corrected chi connectivity index (χ0v) is 13.6. The van der Waals surface area contributed by atoms with Gasteiger partial charge < -0.3 is 10.5 Å². The van der Waals surface area contributed by atoms with Crippen LogP contribution in [-0.4, -0.2) is 6.04 Å². The van der Waals surface area contributed by atoms with Crippen molar-refractivity contribution in [3.05, 3.63) is 63.7 Å². The maximum atomic E-state index is 6.28. The molecule has 0 bridgehead atoms. The molecule has 0 aliphatic heterocycles. The van der Waals surface area contributed by atoms with Crippen molar-refractivity contribution < 1.29 is 4.74 Å². The molecule has 0 fully saturated rings. The fraction of sp³-hybridized carbons (Fsp3) is 0.333. The third-order valence-corrected chi connectivity index (χ3v) is 3.76. The topological polar surface area (TPSA) is 35.2 Å². The summed E-state index contributed by atoms with van der Waals surface area (Å²) < 4.78 is 6.00. The van der Waals surface area contributed by atoms with Gasteiger partial charge in [-0.15, -0.1) is 0 Å². The van der Waals surface area contributed by atoms with E-state index in [1.807, 2.05) is 25.1 Å². The number of halogens is 1. The lowest BCUT2D eigenvalue weighted by Crippen LogP contribution is -2.18. The van der Waals surface area contributed by atoms with E-state index in [0.717, 1.165) is 17.7 Å². The molecule has 0 aliphatic rings. The summed E-state index contributed by atoms with van der Waals surface area (Å²) in [7, 11) is 0. The van der Waals surface area contributed by atoms with Gasteiger partial charge in [0, 0.05) is 6.04 Å². The molecule has 0 radical (unpaired) electrons. The zero-order chi connectivity index (χ0) is 15.4. The Bertz CT molecular complexity index is 623. The van der Waals surface area contributed by atoms with Crippen LogP contribution < -0.4 is 10.5 Å². The highest BCUT2D eigenvalue weighted by Crippen LogP contribution is 2.30. The van der Waals surface area contributed by atoms with Crippen LogP contribution >= 0.6 is 11.6 Å². The van der Waals surface area contributed by atoms with Crippen LogP contribution in [0.15, 0.2) is 36.4 Å². The molecule has 0 saturated heterocycles. The lowest BCUT2D eigenvalue weighted by Gasteiger charge is -2.15. The Morgan fingerprint density at radius 1 is 1.14 bits per heavy atom. The Hall–Kier alpha value is -1.51. The van der Waals surface area contributed by atoms with Gasteiger partial charge in [0.25, 0.3) is 0 Å². The fourth-order valence-corrected chi connectivity index (χ4v) is 2.58. The zero-order valence-electron chi connectivity index (χ0n) is 12.8. The second kappa shape index (κ2) is 6.97. The largest absolute Gasteiger partial charge is 0.487 e. The van der Waals surface area contributed by atoms with Crippen molar-refractivity contribution in [1.29, 1.82) is 0 Å². The maximum absolute atomic E-state index is 6.28. The van der Waals surface area contributed by atoms with Gasteiger partial charge in [0.15, 0.2) is 0 Å². The van der Waals surface area contributed by atoms with Crippen molar-refractivity contribution >= 4 is 11.6 Å². The van der Waals surface area contributed by atoms with E-state index in [1.54, 1.807) is 0 Å². The molecule has 0 amide bonds. The first-order chi connectivity index (χ1) is 9.97. The summed E-state index contributed by atoms with van der Waals surface area (Å²) in [5.74, 6) is 0.748. The van der Waals surface area contributed by atoms with Gasteiger partial charge in [0.05, 0.1) is 5.02 Å². The van der Waals surface area contributed by atoms with Crippen LogP contribution in [0.2, 0.25) is 5.02 Å². The lowest BCUT2D eigenvalue weighted by molar-refractivity contribution is 0.301. The van der Waals surface area contributed by atoms with E-state index >= 15 is 0 Å². The summed E-state index contributed by atoms with van der Waals surface area (Å²) in [6.07, 6.45) is 0.753. The van der Waals surface area contributed by atoms with Crippen molar-refractivity contribution in [2.24, 2.45) is 5.73 Å². The van der Waals surface area contributed by atoms with Gasteiger partial charge in [0.1, 0.15) is 12.4 Å². The van der Waals surface area contributed by atoms with Crippen molar-refractivity contribution in [3.8, 4) is 5.75 Å². The van der Waals surface area contributed by atoms with Crippen LogP contribution in [0, 0.1) is 13.8 Å². The third-order valence-electron chi connectivity index (χ3n) is 3.47. The quantitative estimate of drug-likeness (QED) is 0.887. The number of hydrogen-bond donors (Lipinski definition) is 1. The van der Waals surface area contributed by atoms with E-state index < -0.39 is 0 Å². The number of rotatable bonds is 5. The average molecular weight is 304 g/mol. The Kier molecular flexibility index (Phi) is 5.27. The summed E-state index contributed by atoms with van der Waals surface area (Å²) in [5.41, 5.74) is 10.6. The highest BCUT2D eigenvalue weighted by atomic mass is 35.5. The van der Waals surface area contributed by atoms with Gasteiger partial charge >= 0.3 is 0 Å². The molecule has 2 aromatic rings. The molecule has 3 heteroatoms. The SMILES string of the molecule is Cc1ccc(C)c(COc2c(Cl)cccc2CC(C)N)c1. The van der Waals surface area contributed by atoms with Crippen LogP contribution in [0.5, 0.6) is 5.75 Å². The van der Waals surface area contributed by atoms with Crippen molar-refractivity contribution in [2.45, 2.75) is 39.8 Å². The summed E-state index contributed by atoms with van der Waals surface area (Å²) in [6, 6.07) is 12.3. The minimum Gasteiger partial charge on any atom is -0.487 e. The van der Waals surface area contributed by atoms with Gasteiger partial charge in [-0.25, -0.2) is 0 Å². The van der Waals surface area contributed by atoms with E-state index in [9.17, 15) is 0 Å². The molecule has 21 heavy (non-hydrogen) atoms. The minimum atomic E-state index is 0.0755. The monoisotopic (exact) mass is 303 g/mol. The number of para-hydroxylation sites is 1. The minimum absolute atomic E-state index is 0.0755. The molecule has 2 rings (SSSR count). The molecular formula is C18H22ClNO. The Morgan fingerprint density at radius 2 is 1.90 bits per heavy atom. The summed E-state index contributed by atoms with van der Waals surface area (Å²) in [4.78, 5) is 0. The fourth-order valence-electron chi connectivity index (χ4n) is 2.33. The average Bonchev–Trinajstić information content (AvgIpc) is 2.41. The van der Waals surface area contributed by atoms with E-state index in [1.165, 1.54) is 16.7 Å². The molecule has 0 spiro atoms. The van der Waals surface area contributed by atoms with Gasteiger partial charge in [-0.2, -0.15) is 0 Å². The molecule has 112 valence electrons. The molecule has 2 aromatic carbocycles. The third kappa shape index (κ3) is 4.23. The molecule has 0 heterocycles. The van der Waals surface area contributed by atoms with Crippen molar-refractivity contribution in [2.75, 3.05) is 0 Å². The molecule has 1 atom stereocenters. The number of hydrogen-bond acceptors (Lipinski definition) is 2. The molecule has 0 aliphatic carbocycles. The second-order valence-electron chi connectivity index (χ2n) is 5.63. The van der Waals surface area contributed by atoms with Crippen LogP contribution in [0.4, 0.5) is 0 Å². The first kappa shape index (κ1) is 15.9. The normalized spacial score (nSPS) is 12.2. The van der Waals surface area contributed by atoms with E-state index in [-0.39, 0.29) is 6.04 Å². The predicted molar refractivity (Wildman–Crippen MR) is 89.1 cm³/mol. The number of nitrogens with two attached hydrogens (primary N) is 1. The number of ether oxygens (including phenoxy) is 1. The van der Waals surface area contributed by atoms with E-state index in [4.69, 9.17) is 22.1 Å². The molecule has 2 N–H and O–H groups in total. The highest BCUT2D eigenvalue weighted by molar-refractivity contribution is 6.32. The highest BCUT2D eigenvalue weighted by Gasteiger charge is 2.11. The van der Waals surface area contributed by atoms with Gasteiger partial charge in [-0.05, 0) is 49.9 Å². The van der Waals surface area contributed by atoms with Crippen LogP contribution in [0.1, 0.15) is 29.2 Å². The Balaban J connectivity index is 2.21. The first-order valence-corrected chi connectivity index (χ1v) is 7.57. The smallest absolute Gasteiger partial charge is 0.141 e. The molecule has 0 aromatic heterocycles. The van der Waals surface area contributed by atoms with Gasteiger partial charge in [-0.1, -0.05) is 47.5 Å². The van der Waals surface area contributed by atoms with Crippen LogP contribution in [0.25, 0.3) is 0 Å². The van der Waals surface area contributed by atoms with Crippen molar-refractivity contribution in [3.63, 3.8) is 0 Å². The van der Waals surface area contributed by atoms with E-state index in [2.05, 4.69) is 32.0 Å². The summed E-state index contributed by atoms with van der Waals surface area (Å²) in [5, 5.41) is 0.637. The standard InChI is InChI=1S/C18H22ClNO/c1-12-7-8-13(2)16(9-12)11-21-18-15(10-14(3)20)5-4-6-17(18)19/h4-9,14H,10-11,20H2,1-3H3. The van der Waals surface area contributed by atoms with Crippen LogP contribution in [-0.2, 0) is 13.0 Å². The second-order valence-corrected chi connectivity index (χ2v) is 6.04. The maximum Gasteiger partial charge on any atom is 0.141 e. The van der Waals surface area contributed by atoms with Crippen molar-refractivity contribution in [1.82, 2.24) is 0 Å². The first-order valence-electron chi connectivity index (χ1n) is 7.19. The lowest BCUT2D eigenvalue weighted by atomic mass is 10.1. The van der Waals surface area contributed by atoms with Gasteiger partial charge in [0.2, 0.25) is 0 Å². The molecule has 2 nitrogen and oxygen atoms in total. The Labute approximate surface area is 131 Å².